The van der Waals surface area contributed by atoms with Gasteiger partial charge in [0, 0.05) is 31.3 Å². The van der Waals surface area contributed by atoms with Gasteiger partial charge < -0.3 is 54.1 Å². The van der Waals surface area contributed by atoms with Gasteiger partial charge in [0.2, 0.25) is 23.6 Å². The lowest BCUT2D eigenvalue weighted by molar-refractivity contribution is -0.142. The third-order valence-corrected chi connectivity index (χ3v) is 5.27. The summed E-state index contributed by atoms with van der Waals surface area (Å²) in [5.74, 6) is -4.86. The van der Waals surface area contributed by atoms with Gasteiger partial charge in [-0.15, -0.1) is 0 Å². The van der Waals surface area contributed by atoms with Crippen LogP contribution in [0.3, 0.4) is 0 Å². The summed E-state index contributed by atoms with van der Waals surface area (Å²) < 4.78 is 0. The number of hydrogen-bond acceptors (Lipinski definition) is 9. The molecule has 0 aromatic carbocycles. The van der Waals surface area contributed by atoms with Gasteiger partial charge in [0.15, 0.2) is 5.96 Å². The minimum absolute atomic E-state index is 0.111. The van der Waals surface area contributed by atoms with E-state index >= 15 is 0 Å². The highest BCUT2D eigenvalue weighted by Crippen LogP contribution is 2.05. The Hall–Kier alpha value is -4.25. The zero-order valence-electron chi connectivity index (χ0n) is 20.9. The van der Waals surface area contributed by atoms with Gasteiger partial charge in [-0.1, -0.05) is 0 Å². The van der Waals surface area contributed by atoms with Crippen LogP contribution in [0, 0.1) is 0 Å². The van der Waals surface area contributed by atoms with Crippen molar-refractivity contribution in [1.29, 1.82) is 0 Å². The molecule has 14 N–H and O–H groups in total. The van der Waals surface area contributed by atoms with Crippen molar-refractivity contribution in [2.24, 2.45) is 27.9 Å². The van der Waals surface area contributed by atoms with E-state index in [9.17, 15) is 34.2 Å². The molecule has 1 heterocycles. The second-order valence-electron chi connectivity index (χ2n) is 8.53. The van der Waals surface area contributed by atoms with Crippen LogP contribution in [0.2, 0.25) is 0 Å². The van der Waals surface area contributed by atoms with E-state index in [0.717, 1.165) is 0 Å². The number of aromatic nitrogens is 2. The molecule has 0 bridgehead atoms. The van der Waals surface area contributed by atoms with E-state index in [0.29, 0.717) is 12.1 Å². The predicted molar refractivity (Wildman–Crippen MR) is 134 cm³/mol. The molecular weight excluding hydrogens is 504 g/mol. The number of aliphatic imine (C=N–C) groups is 1. The highest BCUT2D eigenvalue weighted by Gasteiger charge is 2.32. The number of H-pyrrole nitrogens is 1. The van der Waals surface area contributed by atoms with E-state index in [4.69, 9.17) is 22.9 Å². The molecule has 0 saturated carbocycles. The normalized spacial score (nSPS) is 14.7. The van der Waals surface area contributed by atoms with Crippen molar-refractivity contribution in [3.8, 4) is 0 Å². The molecule has 1 aromatic rings. The number of nitrogens with one attached hydrogen (secondary N) is 4. The summed E-state index contributed by atoms with van der Waals surface area (Å²) in [5, 5.41) is 26.5. The number of nitrogens with two attached hydrogens (primary N) is 4. The number of guanidine groups is 1. The Morgan fingerprint density at radius 2 is 1.68 bits per heavy atom. The van der Waals surface area contributed by atoms with E-state index in [1.807, 2.05) is 0 Å². The van der Waals surface area contributed by atoms with Crippen LogP contribution in [0.1, 0.15) is 38.3 Å². The summed E-state index contributed by atoms with van der Waals surface area (Å²) in [5.41, 5.74) is 21.9. The Labute approximate surface area is 218 Å². The molecule has 0 fully saturated rings. The van der Waals surface area contributed by atoms with Gasteiger partial charge >= 0.3 is 5.97 Å². The zero-order valence-corrected chi connectivity index (χ0v) is 20.9. The number of carboxylic acids is 1. The largest absolute Gasteiger partial charge is 0.480 e. The van der Waals surface area contributed by atoms with Crippen molar-refractivity contribution in [3.05, 3.63) is 18.2 Å². The number of carbonyl (C=O) groups is 5. The smallest absolute Gasteiger partial charge is 0.326 e. The lowest BCUT2D eigenvalue weighted by Crippen LogP contribution is -2.60. The van der Waals surface area contributed by atoms with E-state index in [1.54, 1.807) is 0 Å². The second kappa shape index (κ2) is 15.8. The number of rotatable bonds is 17. The highest BCUT2D eigenvalue weighted by molar-refractivity contribution is 5.94. The third kappa shape index (κ3) is 11.7. The quantitative estimate of drug-likeness (QED) is 0.0510. The Morgan fingerprint density at radius 3 is 2.21 bits per heavy atom. The number of aliphatic hydroxyl groups is 1. The summed E-state index contributed by atoms with van der Waals surface area (Å²) in [7, 11) is 0. The van der Waals surface area contributed by atoms with Crippen LogP contribution < -0.4 is 38.9 Å². The molecule has 0 aliphatic rings. The minimum Gasteiger partial charge on any atom is -0.480 e. The molecule has 17 nitrogen and oxygen atoms in total. The molecule has 212 valence electrons. The number of primary amides is 1. The second-order valence-corrected chi connectivity index (χ2v) is 8.53. The number of imidazole rings is 1. The van der Waals surface area contributed by atoms with Gasteiger partial charge in [-0.05, 0) is 26.2 Å². The van der Waals surface area contributed by atoms with Crippen LogP contribution >= 0.6 is 0 Å². The lowest BCUT2D eigenvalue weighted by Gasteiger charge is -2.26. The summed E-state index contributed by atoms with van der Waals surface area (Å²) in [6.07, 6.45) is 1.15. The number of nitrogens with zero attached hydrogens (tertiary/aromatic N) is 2. The maximum Gasteiger partial charge on any atom is 0.326 e. The van der Waals surface area contributed by atoms with Gasteiger partial charge in [-0.2, -0.15) is 0 Å². The first kappa shape index (κ1) is 31.8. The minimum atomic E-state index is -1.52. The van der Waals surface area contributed by atoms with Crippen LogP contribution in [-0.2, 0) is 30.4 Å². The van der Waals surface area contributed by atoms with Crippen molar-refractivity contribution < 1.29 is 34.2 Å². The fraction of sp³-hybridized carbons (Fsp3) is 0.571. The monoisotopic (exact) mass is 540 g/mol. The standard InChI is InChI=1S/C21H36N10O7/c1-10(32)16(31-17(34)12(22)3-2-6-27-21(24)25)19(36)29-13(4-5-15(23)33)18(35)30-14(20(37)38)7-11-8-26-9-28-11/h8-10,12-14,16,32H,2-7,22H2,1H3,(H2,23,33)(H,26,28)(H,29,36)(H,30,35)(H,31,34)(H,37,38)(H4,24,25,27). The fourth-order valence-corrected chi connectivity index (χ4v) is 3.22. The number of aliphatic hydroxyl groups excluding tert-OH is 1. The van der Waals surface area contributed by atoms with Crippen LogP contribution in [-0.4, -0.2) is 92.6 Å². The molecular formula is C21H36N10O7. The Morgan fingerprint density at radius 1 is 1.03 bits per heavy atom. The van der Waals surface area contributed by atoms with E-state index < -0.39 is 59.9 Å². The molecule has 0 radical (unpaired) electrons. The van der Waals surface area contributed by atoms with Crippen LogP contribution in [0.25, 0.3) is 0 Å². The van der Waals surface area contributed by atoms with Gasteiger partial charge in [-0.25, -0.2) is 9.78 Å². The Balaban J connectivity index is 2.91. The number of aliphatic carboxylic acids is 1. The molecule has 1 rings (SSSR count). The average molecular weight is 541 g/mol. The molecule has 5 unspecified atom stereocenters. The van der Waals surface area contributed by atoms with E-state index in [1.165, 1.54) is 19.4 Å². The van der Waals surface area contributed by atoms with Crippen LogP contribution in [0.5, 0.6) is 0 Å². The number of carbonyl (C=O) groups excluding carboxylic acids is 4. The average Bonchev–Trinajstić information content (AvgIpc) is 3.34. The molecule has 0 aliphatic carbocycles. The number of carboxylic acid groups (broad SMARTS) is 1. The van der Waals surface area contributed by atoms with Crippen molar-refractivity contribution in [1.82, 2.24) is 25.9 Å². The molecule has 0 aliphatic heterocycles. The van der Waals surface area contributed by atoms with Crippen molar-refractivity contribution in [2.75, 3.05) is 6.54 Å². The maximum absolute atomic E-state index is 12.9. The van der Waals surface area contributed by atoms with Crippen molar-refractivity contribution in [3.63, 3.8) is 0 Å². The third-order valence-electron chi connectivity index (χ3n) is 5.27. The van der Waals surface area contributed by atoms with Crippen molar-refractivity contribution in [2.45, 2.75) is 69.3 Å². The first-order valence-electron chi connectivity index (χ1n) is 11.7. The summed E-state index contributed by atoms with van der Waals surface area (Å²) in [6, 6.07) is -5.37. The lowest BCUT2D eigenvalue weighted by atomic mass is 10.1. The highest BCUT2D eigenvalue weighted by atomic mass is 16.4. The summed E-state index contributed by atoms with van der Waals surface area (Å²) >= 11 is 0. The molecule has 38 heavy (non-hydrogen) atoms. The van der Waals surface area contributed by atoms with Gasteiger partial charge in [-0.3, -0.25) is 24.2 Å². The van der Waals surface area contributed by atoms with Crippen molar-refractivity contribution >= 4 is 35.6 Å². The molecule has 5 atom stereocenters. The number of aromatic amines is 1. The molecule has 0 spiro atoms. The maximum atomic E-state index is 12.9. The van der Waals surface area contributed by atoms with Gasteiger partial charge in [0.1, 0.15) is 18.1 Å². The summed E-state index contributed by atoms with van der Waals surface area (Å²) in [6.45, 7) is 1.47. The van der Waals surface area contributed by atoms with Gasteiger partial charge in [0.05, 0.1) is 18.5 Å². The first-order valence-corrected chi connectivity index (χ1v) is 11.7. The Kier molecular flexibility index (Phi) is 13.2. The topological polar surface area (TPSA) is 307 Å². The number of amides is 4. The van der Waals surface area contributed by atoms with Gasteiger partial charge in [0.25, 0.3) is 0 Å². The molecule has 4 amide bonds. The molecule has 1 aromatic heterocycles. The fourth-order valence-electron chi connectivity index (χ4n) is 3.22. The van der Waals surface area contributed by atoms with E-state index in [-0.39, 0.29) is 38.2 Å². The summed E-state index contributed by atoms with van der Waals surface area (Å²) in [4.78, 5) is 71.5. The Bertz CT molecular complexity index is 979. The first-order chi connectivity index (χ1) is 17.8. The zero-order chi connectivity index (χ0) is 28.8. The molecule has 0 saturated heterocycles. The molecule has 17 heteroatoms. The van der Waals surface area contributed by atoms with Crippen LogP contribution in [0.4, 0.5) is 0 Å². The van der Waals surface area contributed by atoms with E-state index in [2.05, 4.69) is 30.9 Å². The SMILES string of the molecule is CC(O)C(NC(=O)C(N)CCCN=C(N)N)C(=O)NC(CCC(N)=O)C(=O)NC(Cc1cnc[nH]1)C(=O)O. The van der Waals surface area contributed by atoms with Crippen LogP contribution in [0.15, 0.2) is 17.5 Å². The predicted octanol–water partition coefficient (Wildman–Crippen LogP) is -4.48. The number of hydrogen-bond donors (Lipinski definition) is 10.